The molecule has 0 aliphatic heterocycles. The highest BCUT2D eigenvalue weighted by Gasteiger charge is 2.07. The number of hydrogen-bond acceptors (Lipinski definition) is 6. The summed E-state index contributed by atoms with van der Waals surface area (Å²) >= 11 is 5.80. The van der Waals surface area contributed by atoms with Crippen molar-refractivity contribution in [1.29, 1.82) is 0 Å². The molecule has 0 spiro atoms. The van der Waals surface area contributed by atoms with E-state index in [0.29, 0.717) is 29.6 Å². The van der Waals surface area contributed by atoms with Gasteiger partial charge in [0.2, 0.25) is 11.2 Å². The summed E-state index contributed by atoms with van der Waals surface area (Å²) in [6, 6.07) is 3.70. The maximum atomic E-state index is 5.88. The number of pyridine rings is 1. The quantitative estimate of drug-likeness (QED) is 0.833. The van der Waals surface area contributed by atoms with Crippen LogP contribution in [0.25, 0.3) is 0 Å². The van der Waals surface area contributed by atoms with Crippen LogP contribution in [0, 0.1) is 6.92 Å². The first-order chi connectivity index (χ1) is 9.10. The molecule has 0 atom stereocenters. The number of methoxy groups -OCH3 is 1. The minimum atomic E-state index is 0.169. The summed E-state index contributed by atoms with van der Waals surface area (Å²) in [4.78, 5) is 12.1. The summed E-state index contributed by atoms with van der Waals surface area (Å²) in [5, 5.41) is 3.28. The third kappa shape index (κ3) is 3.23. The fourth-order valence-corrected chi connectivity index (χ4v) is 1.72. The molecule has 0 saturated heterocycles. The van der Waals surface area contributed by atoms with Crippen molar-refractivity contribution in [3.63, 3.8) is 0 Å². The lowest BCUT2D eigenvalue weighted by Gasteiger charge is -2.10. The van der Waals surface area contributed by atoms with E-state index in [1.165, 1.54) is 0 Å². The molecule has 0 aliphatic carbocycles. The van der Waals surface area contributed by atoms with Crippen LogP contribution in [0.5, 0.6) is 5.88 Å². The summed E-state index contributed by atoms with van der Waals surface area (Å²) in [5.74, 6) is 1.09. The zero-order valence-corrected chi connectivity index (χ0v) is 11.4. The molecule has 6 nitrogen and oxygen atoms in total. The predicted molar refractivity (Wildman–Crippen MR) is 74.3 cm³/mol. The van der Waals surface area contributed by atoms with E-state index < -0.39 is 0 Å². The van der Waals surface area contributed by atoms with E-state index in [4.69, 9.17) is 22.1 Å². The standard InChI is InChI=1S/C12H14ClN5O/c1-7-10(14)11(18-12(13)17-7)16-6-8-3-4-9(19-2)15-5-8/h3-5H,6,14H2,1-2H3,(H,16,17,18). The number of nitrogens with zero attached hydrogens (tertiary/aromatic N) is 3. The Hall–Kier alpha value is -2.08. The number of anilines is 2. The SMILES string of the molecule is COc1ccc(CNc2nc(Cl)nc(C)c2N)cn1. The number of nitrogens with one attached hydrogen (secondary N) is 1. The third-order valence-corrected chi connectivity index (χ3v) is 2.74. The molecule has 0 aliphatic rings. The van der Waals surface area contributed by atoms with E-state index >= 15 is 0 Å². The molecule has 0 bridgehead atoms. The van der Waals surface area contributed by atoms with Gasteiger partial charge in [0.15, 0.2) is 5.82 Å². The maximum Gasteiger partial charge on any atom is 0.224 e. The van der Waals surface area contributed by atoms with E-state index in [1.54, 1.807) is 26.3 Å². The molecule has 0 unspecified atom stereocenters. The van der Waals surface area contributed by atoms with Crippen LogP contribution in [0.1, 0.15) is 11.3 Å². The molecule has 0 aromatic carbocycles. The normalized spacial score (nSPS) is 10.3. The minimum Gasteiger partial charge on any atom is -0.481 e. The summed E-state index contributed by atoms with van der Waals surface area (Å²) in [6.07, 6.45) is 1.72. The smallest absolute Gasteiger partial charge is 0.224 e. The van der Waals surface area contributed by atoms with Crippen LogP contribution >= 0.6 is 11.6 Å². The van der Waals surface area contributed by atoms with Crippen molar-refractivity contribution < 1.29 is 4.74 Å². The molecule has 0 saturated carbocycles. The Morgan fingerprint density at radius 3 is 2.79 bits per heavy atom. The van der Waals surface area contributed by atoms with Crippen LogP contribution < -0.4 is 15.8 Å². The van der Waals surface area contributed by atoms with Gasteiger partial charge in [-0.25, -0.2) is 9.97 Å². The second kappa shape index (κ2) is 5.71. The Labute approximate surface area is 116 Å². The average molecular weight is 280 g/mol. The van der Waals surface area contributed by atoms with Gasteiger partial charge in [-0.15, -0.1) is 0 Å². The van der Waals surface area contributed by atoms with Crippen molar-refractivity contribution in [2.75, 3.05) is 18.2 Å². The van der Waals surface area contributed by atoms with E-state index in [1.807, 2.05) is 6.07 Å². The molecule has 0 radical (unpaired) electrons. The van der Waals surface area contributed by atoms with Gasteiger partial charge < -0.3 is 15.8 Å². The first-order valence-corrected chi connectivity index (χ1v) is 6.00. The number of hydrogen-bond donors (Lipinski definition) is 2. The van der Waals surface area contributed by atoms with Crippen LogP contribution in [0.2, 0.25) is 5.28 Å². The van der Waals surface area contributed by atoms with Crippen molar-refractivity contribution in [1.82, 2.24) is 15.0 Å². The first-order valence-electron chi connectivity index (χ1n) is 5.62. The van der Waals surface area contributed by atoms with Crippen LogP contribution in [-0.2, 0) is 6.54 Å². The monoisotopic (exact) mass is 279 g/mol. The Morgan fingerprint density at radius 1 is 1.37 bits per heavy atom. The van der Waals surface area contributed by atoms with Gasteiger partial charge in [-0.1, -0.05) is 6.07 Å². The number of halogens is 1. The first kappa shape index (κ1) is 13.4. The molecular formula is C12H14ClN5O. The molecule has 7 heteroatoms. The molecule has 0 fully saturated rings. The summed E-state index contributed by atoms with van der Waals surface area (Å²) in [5.41, 5.74) is 8.00. The van der Waals surface area contributed by atoms with Crippen LogP contribution in [0.4, 0.5) is 11.5 Å². The van der Waals surface area contributed by atoms with Gasteiger partial charge in [0.05, 0.1) is 18.5 Å². The molecule has 0 amide bonds. The number of ether oxygens (including phenoxy) is 1. The molecule has 19 heavy (non-hydrogen) atoms. The summed E-state index contributed by atoms with van der Waals surface area (Å²) < 4.78 is 4.99. The largest absolute Gasteiger partial charge is 0.481 e. The van der Waals surface area contributed by atoms with Crippen molar-refractivity contribution >= 4 is 23.1 Å². The average Bonchev–Trinajstić information content (AvgIpc) is 2.41. The fraction of sp³-hybridized carbons (Fsp3) is 0.250. The predicted octanol–water partition coefficient (Wildman–Crippen LogP) is 2.04. The Morgan fingerprint density at radius 2 is 2.16 bits per heavy atom. The second-order valence-corrected chi connectivity index (χ2v) is 4.24. The summed E-state index contributed by atoms with van der Waals surface area (Å²) in [6.45, 7) is 2.32. The number of aryl methyl sites for hydroxylation is 1. The molecule has 2 rings (SSSR count). The highest BCUT2D eigenvalue weighted by molar-refractivity contribution is 6.28. The van der Waals surface area contributed by atoms with Crippen molar-refractivity contribution in [2.45, 2.75) is 13.5 Å². The van der Waals surface area contributed by atoms with Gasteiger partial charge in [-0.05, 0) is 24.1 Å². The van der Waals surface area contributed by atoms with Gasteiger partial charge in [0.25, 0.3) is 0 Å². The van der Waals surface area contributed by atoms with Gasteiger partial charge in [0.1, 0.15) is 0 Å². The van der Waals surface area contributed by atoms with Gasteiger partial charge in [-0.3, -0.25) is 0 Å². The topological polar surface area (TPSA) is 86.0 Å². The number of rotatable bonds is 4. The van der Waals surface area contributed by atoms with E-state index in [2.05, 4.69) is 20.3 Å². The lowest BCUT2D eigenvalue weighted by Crippen LogP contribution is -2.07. The van der Waals surface area contributed by atoms with Crippen LogP contribution in [-0.4, -0.2) is 22.1 Å². The van der Waals surface area contributed by atoms with Crippen LogP contribution in [0.15, 0.2) is 18.3 Å². The maximum absolute atomic E-state index is 5.88. The molecular weight excluding hydrogens is 266 g/mol. The Bertz CT molecular complexity index is 573. The lowest BCUT2D eigenvalue weighted by atomic mass is 10.3. The van der Waals surface area contributed by atoms with E-state index in [9.17, 15) is 0 Å². The van der Waals surface area contributed by atoms with E-state index in [0.717, 1.165) is 5.56 Å². The van der Waals surface area contributed by atoms with Gasteiger partial charge >= 0.3 is 0 Å². The second-order valence-electron chi connectivity index (χ2n) is 3.90. The highest BCUT2D eigenvalue weighted by Crippen LogP contribution is 2.21. The zero-order valence-electron chi connectivity index (χ0n) is 10.6. The third-order valence-electron chi connectivity index (χ3n) is 2.58. The number of nitrogens with two attached hydrogens (primary N) is 1. The van der Waals surface area contributed by atoms with Crippen molar-refractivity contribution in [3.05, 3.63) is 34.9 Å². The Balaban J connectivity index is 2.09. The lowest BCUT2D eigenvalue weighted by molar-refractivity contribution is 0.397. The van der Waals surface area contributed by atoms with Crippen LogP contribution in [0.3, 0.4) is 0 Å². The minimum absolute atomic E-state index is 0.169. The molecule has 2 heterocycles. The molecule has 3 N–H and O–H groups in total. The van der Waals surface area contributed by atoms with Gasteiger partial charge in [0, 0.05) is 18.8 Å². The fourth-order valence-electron chi connectivity index (χ4n) is 1.50. The van der Waals surface area contributed by atoms with Crippen molar-refractivity contribution in [2.24, 2.45) is 0 Å². The molecule has 2 aromatic heterocycles. The zero-order chi connectivity index (χ0) is 13.8. The van der Waals surface area contributed by atoms with E-state index in [-0.39, 0.29) is 5.28 Å². The van der Waals surface area contributed by atoms with Crippen molar-refractivity contribution in [3.8, 4) is 5.88 Å². The molecule has 100 valence electrons. The summed E-state index contributed by atoms with van der Waals surface area (Å²) in [7, 11) is 1.58. The molecule has 2 aromatic rings. The Kier molecular flexibility index (Phi) is 4.01. The number of nitrogen functional groups attached to an aromatic ring is 1. The highest BCUT2D eigenvalue weighted by atomic mass is 35.5. The number of aromatic nitrogens is 3. The van der Waals surface area contributed by atoms with Gasteiger partial charge in [-0.2, -0.15) is 4.98 Å².